The van der Waals surface area contributed by atoms with Gasteiger partial charge < -0.3 is 10.2 Å². The summed E-state index contributed by atoms with van der Waals surface area (Å²) in [7, 11) is 0. The smallest absolute Gasteiger partial charge is 0.257 e. The first-order valence-corrected chi connectivity index (χ1v) is 9.30. The van der Waals surface area contributed by atoms with Crippen molar-refractivity contribution in [3.63, 3.8) is 0 Å². The van der Waals surface area contributed by atoms with E-state index in [1.807, 2.05) is 4.90 Å². The topological polar surface area (TPSA) is 62.3 Å². The highest BCUT2D eigenvalue weighted by Crippen LogP contribution is 2.23. The van der Waals surface area contributed by atoms with Gasteiger partial charge in [-0.3, -0.25) is 14.6 Å². The van der Waals surface area contributed by atoms with Crippen LogP contribution < -0.4 is 5.32 Å². The largest absolute Gasteiger partial charge is 0.336 e. The minimum atomic E-state index is -0.342. The van der Waals surface area contributed by atoms with Crippen molar-refractivity contribution in [1.29, 1.82) is 0 Å². The number of hydrogen-bond donors (Lipinski definition) is 1. The van der Waals surface area contributed by atoms with Crippen LogP contribution in [0.15, 0.2) is 42.7 Å². The normalized spacial score (nSPS) is 17.0. The van der Waals surface area contributed by atoms with Crippen LogP contribution in [0.25, 0.3) is 0 Å². The molecule has 26 heavy (non-hydrogen) atoms. The molecule has 5 nitrogen and oxygen atoms in total. The molecule has 1 saturated heterocycles. The third-order valence-electron chi connectivity index (χ3n) is 4.73. The van der Waals surface area contributed by atoms with Crippen molar-refractivity contribution in [2.24, 2.45) is 0 Å². The Labute approximate surface area is 158 Å². The van der Waals surface area contributed by atoms with Crippen molar-refractivity contribution in [2.75, 3.05) is 11.9 Å². The van der Waals surface area contributed by atoms with Crippen LogP contribution in [0.5, 0.6) is 0 Å². The molecular weight excluding hydrogens is 350 g/mol. The Hall–Kier alpha value is -2.40. The van der Waals surface area contributed by atoms with E-state index in [0.29, 0.717) is 21.8 Å². The lowest BCUT2D eigenvalue weighted by Crippen LogP contribution is -2.43. The molecule has 1 aromatic carbocycles. The van der Waals surface area contributed by atoms with E-state index in [1.54, 1.807) is 30.3 Å². The number of likely N-dealkylation sites (tertiary alicyclic amines) is 1. The molecule has 1 fully saturated rings. The van der Waals surface area contributed by atoms with Crippen LogP contribution in [0, 0.1) is 0 Å². The number of aromatic nitrogens is 1. The molecule has 6 heteroatoms. The summed E-state index contributed by atoms with van der Waals surface area (Å²) in [6, 6.07) is 8.88. The van der Waals surface area contributed by atoms with Gasteiger partial charge in [-0.15, -0.1) is 0 Å². The number of piperidine rings is 1. The lowest BCUT2D eigenvalue weighted by molar-refractivity contribution is 0.0607. The van der Waals surface area contributed by atoms with Crippen LogP contribution in [-0.2, 0) is 0 Å². The number of amides is 2. The van der Waals surface area contributed by atoms with E-state index >= 15 is 0 Å². The Kier molecular flexibility index (Phi) is 5.89. The molecule has 2 heterocycles. The van der Waals surface area contributed by atoms with Gasteiger partial charge in [-0.05, 0) is 43.9 Å². The van der Waals surface area contributed by atoms with Gasteiger partial charge in [0.05, 0.1) is 21.8 Å². The maximum absolute atomic E-state index is 12.9. The number of pyridine rings is 1. The molecule has 1 atom stereocenters. The van der Waals surface area contributed by atoms with Gasteiger partial charge in [0.1, 0.15) is 0 Å². The maximum atomic E-state index is 12.9. The van der Waals surface area contributed by atoms with Crippen LogP contribution >= 0.6 is 11.6 Å². The molecule has 1 unspecified atom stereocenters. The average molecular weight is 372 g/mol. The molecular formula is C20H22ClN3O2. The third kappa shape index (κ3) is 4.05. The minimum absolute atomic E-state index is 0.0588. The molecule has 1 aliphatic heterocycles. The zero-order valence-corrected chi connectivity index (χ0v) is 15.5. The highest BCUT2D eigenvalue weighted by atomic mass is 35.5. The van der Waals surface area contributed by atoms with Crippen molar-refractivity contribution in [3.8, 4) is 0 Å². The van der Waals surface area contributed by atoms with Crippen LogP contribution in [0.3, 0.4) is 0 Å². The lowest BCUT2D eigenvalue weighted by Gasteiger charge is -2.35. The molecule has 0 aliphatic carbocycles. The average Bonchev–Trinajstić information content (AvgIpc) is 2.69. The van der Waals surface area contributed by atoms with Crippen molar-refractivity contribution in [2.45, 2.75) is 38.6 Å². The lowest BCUT2D eigenvalue weighted by atomic mass is 9.99. The monoisotopic (exact) mass is 371 g/mol. The number of para-hydroxylation sites is 1. The second kappa shape index (κ2) is 8.32. The van der Waals surface area contributed by atoms with Crippen molar-refractivity contribution < 1.29 is 9.59 Å². The summed E-state index contributed by atoms with van der Waals surface area (Å²) in [4.78, 5) is 31.4. The molecule has 0 radical (unpaired) electrons. The molecule has 2 aromatic rings. The molecule has 0 bridgehead atoms. The predicted molar refractivity (Wildman–Crippen MR) is 103 cm³/mol. The predicted octanol–water partition coefficient (Wildman–Crippen LogP) is 4.39. The molecule has 3 rings (SSSR count). The van der Waals surface area contributed by atoms with Gasteiger partial charge in [-0.25, -0.2) is 0 Å². The molecule has 0 saturated carbocycles. The first-order chi connectivity index (χ1) is 12.6. The number of nitrogens with one attached hydrogen (secondary N) is 1. The molecule has 1 aromatic heterocycles. The van der Waals surface area contributed by atoms with Crippen LogP contribution in [0.2, 0.25) is 5.02 Å². The van der Waals surface area contributed by atoms with E-state index in [9.17, 15) is 9.59 Å². The van der Waals surface area contributed by atoms with Gasteiger partial charge in [0.15, 0.2) is 0 Å². The standard InChI is InChI=1S/C20H22ClN3O2/c1-2-16-7-5-6-10-24(16)20(26)15-11-14(12-22-13-15)19(25)23-18-9-4-3-8-17(18)21/h3-4,8-9,11-13,16H,2,5-7,10H2,1H3,(H,23,25). The van der Waals surface area contributed by atoms with E-state index in [-0.39, 0.29) is 17.9 Å². The fourth-order valence-corrected chi connectivity index (χ4v) is 3.48. The maximum Gasteiger partial charge on any atom is 0.257 e. The summed E-state index contributed by atoms with van der Waals surface area (Å²) < 4.78 is 0. The van der Waals surface area contributed by atoms with Crippen LogP contribution in [0.1, 0.15) is 53.3 Å². The number of rotatable bonds is 4. The summed E-state index contributed by atoms with van der Waals surface area (Å²) in [5.41, 5.74) is 1.30. The van der Waals surface area contributed by atoms with Crippen LogP contribution in [0.4, 0.5) is 5.69 Å². The molecule has 2 amide bonds. The van der Waals surface area contributed by atoms with E-state index in [4.69, 9.17) is 11.6 Å². The van der Waals surface area contributed by atoms with Gasteiger partial charge in [-0.2, -0.15) is 0 Å². The Morgan fingerprint density at radius 1 is 1.23 bits per heavy atom. The fourth-order valence-electron chi connectivity index (χ4n) is 3.30. The highest BCUT2D eigenvalue weighted by Gasteiger charge is 2.26. The Morgan fingerprint density at radius 3 is 2.77 bits per heavy atom. The fraction of sp³-hybridized carbons (Fsp3) is 0.350. The molecule has 136 valence electrons. The molecule has 1 N–H and O–H groups in total. The van der Waals surface area contributed by atoms with Gasteiger partial charge in [-0.1, -0.05) is 30.7 Å². The summed E-state index contributed by atoms with van der Waals surface area (Å²) in [5, 5.41) is 3.21. The second-order valence-electron chi connectivity index (χ2n) is 6.45. The zero-order valence-electron chi connectivity index (χ0n) is 14.7. The van der Waals surface area contributed by atoms with Crippen molar-refractivity contribution in [1.82, 2.24) is 9.88 Å². The summed E-state index contributed by atoms with van der Waals surface area (Å²) in [6.07, 6.45) is 7.11. The number of carbonyl (C=O) groups excluding carboxylic acids is 2. The quantitative estimate of drug-likeness (QED) is 0.866. The summed E-state index contributed by atoms with van der Waals surface area (Å²) in [5.74, 6) is -0.401. The minimum Gasteiger partial charge on any atom is -0.336 e. The summed E-state index contributed by atoms with van der Waals surface area (Å²) >= 11 is 6.08. The van der Waals surface area contributed by atoms with Gasteiger partial charge in [0, 0.05) is 25.0 Å². The number of carbonyl (C=O) groups is 2. The van der Waals surface area contributed by atoms with E-state index in [0.717, 1.165) is 32.2 Å². The molecule has 1 aliphatic rings. The van der Waals surface area contributed by atoms with Crippen molar-refractivity contribution >= 4 is 29.1 Å². The number of anilines is 1. The summed E-state index contributed by atoms with van der Waals surface area (Å²) in [6.45, 7) is 2.86. The van der Waals surface area contributed by atoms with Gasteiger partial charge in [0.25, 0.3) is 11.8 Å². The van der Waals surface area contributed by atoms with E-state index < -0.39 is 0 Å². The van der Waals surface area contributed by atoms with Crippen molar-refractivity contribution in [3.05, 3.63) is 58.9 Å². The van der Waals surface area contributed by atoms with Crippen LogP contribution in [-0.4, -0.2) is 34.3 Å². The Balaban J connectivity index is 1.78. The zero-order chi connectivity index (χ0) is 18.5. The Bertz CT molecular complexity index is 809. The van der Waals surface area contributed by atoms with Gasteiger partial charge in [0.2, 0.25) is 0 Å². The first-order valence-electron chi connectivity index (χ1n) is 8.92. The first kappa shape index (κ1) is 18.4. The van der Waals surface area contributed by atoms with Gasteiger partial charge >= 0.3 is 0 Å². The van der Waals surface area contributed by atoms with E-state index in [1.165, 1.54) is 12.4 Å². The number of benzene rings is 1. The Morgan fingerprint density at radius 2 is 2.00 bits per heavy atom. The second-order valence-corrected chi connectivity index (χ2v) is 6.86. The number of hydrogen-bond acceptors (Lipinski definition) is 3. The SMILES string of the molecule is CCC1CCCCN1C(=O)c1cncc(C(=O)Nc2ccccc2Cl)c1. The van der Waals surface area contributed by atoms with E-state index in [2.05, 4.69) is 17.2 Å². The molecule has 0 spiro atoms. The highest BCUT2D eigenvalue weighted by molar-refractivity contribution is 6.33. The number of halogens is 1. The number of nitrogens with zero attached hydrogens (tertiary/aromatic N) is 2. The third-order valence-corrected chi connectivity index (χ3v) is 5.06.